The van der Waals surface area contributed by atoms with Crippen molar-refractivity contribution in [1.29, 1.82) is 0 Å². The van der Waals surface area contributed by atoms with Crippen LogP contribution in [-0.4, -0.2) is 15.4 Å². The molecular weight excluding hydrogens is 268 g/mol. The smallest absolute Gasteiger partial charge is 0.206 e. The van der Waals surface area contributed by atoms with Crippen molar-refractivity contribution in [1.82, 2.24) is 9.59 Å². The number of aromatic nitrogens is 2. The molecule has 0 aliphatic carbocycles. The van der Waals surface area contributed by atoms with Crippen LogP contribution in [0.15, 0.2) is 24.3 Å². The summed E-state index contributed by atoms with van der Waals surface area (Å²) in [6.45, 7) is 10.4. The van der Waals surface area contributed by atoms with E-state index in [-0.39, 0.29) is 11.2 Å². The summed E-state index contributed by atoms with van der Waals surface area (Å²) < 4.78 is 3.95. The molecule has 1 aromatic carbocycles. The first-order valence-electron chi connectivity index (χ1n) is 6.78. The number of hydrogen-bond acceptors (Lipinski definition) is 4. The van der Waals surface area contributed by atoms with Crippen LogP contribution >= 0.6 is 11.5 Å². The van der Waals surface area contributed by atoms with Gasteiger partial charge in [0, 0.05) is 11.0 Å². The predicted octanol–water partition coefficient (Wildman–Crippen LogP) is 4.19. The van der Waals surface area contributed by atoms with Crippen molar-refractivity contribution >= 4 is 17.3 Å². The van der Waals surface area contributed by atoms with Crippen molar-refractivity contribution in [2.75, 3.05) is 0 Å². The third kappa shape index (κ3) is 2.96. The lowest BCUT2D eigenvalue weighted by molar-refractivity contribution is 0.104. The SMILES string of the molecule is CC(C)c1ccc(C(=O)c2snnc2C(C)(C)C)cc1. The van der Waals surface area contributed by atoms with Gasteiger partial charge in [-0.2, -0.15) is 0 Å². The Kier molecular flexibility index (Phi) is 4.04. The van der Waals surface area contributed by atoms with Gasteiger partial charge in [-0.15, -0.1) is 5.10 Å². The Hall–Kier alpha value is -1.55. The number of nitrogens with zero attached hydrogens (tertiary/aromatic N) is 2. The summed E-state index contributed by atoms with van der Waals surface area (Å²) in [5, 5.41) is 4.13. The number of rotatable bonds is 3. The second-order valence-corrected chi connectivity index (χ2v) is 7.06. The fourth-order valence-corrected chi connectivity index (χ4v) is 2.82. The van der Waals surface area contributed by atoms with Crippen LogP contribution in [0.25, 0.3) is 0 Å². The van der Waals surface area contributed by atoms with Gasteiger partial charge in [0.2, 0.25) is 5.78 Å². The molecule has 0 aliphatic rings. The van der Waals surface area contributed by atoms with Crippen LogP contribution in [0, 0.1) is 0 Å². The molecule has 0 N–H and O–H groups in total. The van der Waals surface area contributed by atoms with Crippen LogP contribution in [0.3, 0.4) is 0 Å². The first kappa shape index (κ1) is 14.9. The molecule has 0 unspecified atom stereocenters. The number of benzene rings is 1. The summed E-state index contributed by atoms with van der Waals surface area (Å²) in [4.78, 5) is 13.2. The van der Waals surface area contributed by atoms with Crippen LogP contribution in [-0.2, 0) is 5.41 Å². The molecule has 2 rings (SSSR count). The number of carbonyl (C=O) groups is 1. The van der Waals surface area contributed by atoms with E-state index in [1.165, 1.54) is 17.1 Å². The molecule has 0 atom stereocenters. The van der Waals surface area contributed by atoms with Crippen LogP contribution in [0.5, 0.6) is 0 Å². The molecule has 1 heterocycles. The lowest BCUT2D eigenvalue weighted by atomic mass is 9.89. The van der Waals surface area contributed by atoms with E-state index >= 15 is 0 Å². The quantitative estimate of drug-likeness (QED) is 0.795. The van der Waals surface area contributed by atoms with Gasteiger partial charge >= 0.3 is 0 Å². The number of carbonyl (C=O) groups excluding carboxylic acids is 1. The number of ketones is 1. The molecule has 20 heavy (non-hydrogen) atoms. The number of hydrogen-bond donors (Lipinski definition) is 0. The van der Waals surface area contributed by atoms with Crippen molar-refractivity contribution in [3.05, 3.63) is 46.0 Å². The van der Waals surface area contributed by atoms with Gasteiger partial charge < -0.3 is 0 Å². The van der Waals surface area contributed by atoms with Crippen molar-refractivity contribution < 1.29 is 4.79 Å². The van der Waals surface area contributed by atoms with Crippen LogP contribution in [0.4, 0.5) is 0 Å². The highest BCUT2D eigenvalue weighted by atomic mass is 32.1. The van der Waals surface area contributed by atoms with E-state index in [0.717, 1.165) is 5.69 Å². The van der Waals surface area contributed by atoms with Gasteiger partial charge in [-0.3, -0.25) is 4.79 Å². The summed E-state index contributed by atoms with van der Waals surface area (Å²) in [7, 11) is 0. The van der Waals surface area contributed by atoms with E-state index in [4.69, 9.17) is 0 Å². The maximum Gasteiger partial charge on any atom is 0.206 e. The Morgan fingerprint density at radius 1 is 1.15 bits per heavy atom. The standard InChI is InChI=1S/C16H20N2OS/c1-10(2)11-6-8-12(9-7-11)13(19)14-15(16(3,4)5)17-18-20-14/h6-10H,1-5H3. The lowest BCUT2D eigenvalue weighted by Gasteiger charge is -2.16. The Labute approximate surface area is 124 Å². The zero-order valence-electron chi connectivity index (χ0n) is 12.6. The molecule has 4 heteroatoms. The fourth-order valence-electron chi connectivity index (χ4n) is 1.98. The summed E-state index contributed by atoms with van der Waals surface area (Å²) in [5.41, 5.74) is 2.54. The molecule has 1 aromatic heterocycles. The Morgan fingerprint density at radius 3 is 2.25 bits per heavy atom. The fraction of sp³-hybridized carbons (Fsp3) is 0.438. The minimum absolute atomic E-state index is 0.0141. The predicted molar refractivity (Wildman–Crippen MR) is 82.6 cm³/mol. The van der Waals surface area contributed by atoms with Gasteiger partial charge in [0.05, 0.1) is 5.69 Å². The minimum Gasteiger partial charge on any atom is -0.288 e. The van der Waals surface area contributed by atoms with E-state index in [9.17, 15) is 4.79 Å². The topological polar surface area (TPSA) is 42.9 Å². The molecule has 0 bridgehead atoms. The van der Waals surface area contributed by atoms with E-state index in [0.29, 0.717) is 16.4 Å². The summed E-state index contributed by atoms with van der Waals surface area (Å²) in [6.07, 6.45) is 0. The molecule has 0 aliphatic heterocycles. The highest BCUT2D eigenvalue weighted by Gasteiger charge is 2.26. The highest BCUT2D eigenvalue weighted by Crippen LogP contribution is 2.28. The summed E-state index contributed by atoms with van der Waals surface area (Å²) in [6, 6.07) is 7.82. The second-order valence-electron chi connectivity index (χ2n) is 6.31. The van der Waals surface area contributed by atoms with Crippen molar-refractivity contribution in [2.45, 2.75) is 46.0 Å². The van der Waals surface area contributed by atoms with Crippen molar-refractivity contribution in [3.8, 4) is 0 Å². The van der Waals surface area contributed by atoms with Crippen LogP contribution in [0.1, 0.15) is 67.0 Å². The molecular formula is C16H20N2OS. The van der Waals surface area contributed by atoms with Gasteiger partial charge in [-0.05, 0) is 23.0 Å². The third-order valence-electron chi connectivity index (χ3n) is 3.24. The normalized spacial score (nSPS) is 11.9. The molecule has 106 valence electrons. The van der Waals surface area contributed by atoms with E-state index in [2.05, 4.69) is 23.4 Å². The first-order valence-corrected chi connectivity index (χ1v) is 7.55. The highest BCUT2D eigenvalue weighted by molar-refractivity contribution is 7.08. The maximum atomic E-state index is 12.6. The average Bonchev–Trinajstić information content (AvgIpc) is 2.87. The second kappa shape index (κ2) is 5.44. The molecule has 0 radical (unpaired) electrons. The zero-order valence-corrected chi connectivity index (χ0v) is 13.4. The van der Waals surface area contributed by atoms with E-state index in [1.807, 2.05) is 45.0 Å². The molecule has 0 saturated heterocycles. The molecule has 0 spiro atoms. The monoisotopic (exact) mass is 288 g/mol. The van der Waals surface area contributed by atoms with Gasteiger partial charge in [-0.1, -0.05) is 63.4 Å². The van der Waals surface area contributed by atoms with Crippen LogP contribution < -0.4 is 0 Å². The lowest BCUT2D eigenvalue weighted by Crippen LogP contribution is -2.16. The van der Waals surface area contributed by atoms with Gasteiger partial charge in [0.25, 0.3) is 0 Å². The van der Waals surface area contributed by atoms with E-state index < -0.39 is 0 Å². The third-order valence-corrected chi connectivity index (χ3v) is 3.97. The summed E-state index contributed by atoms with van der Waals surface area (Å²) in [5.74, 6) is 0.481. The zero-order chi connectivity index (χ0) is 14.9. The summed E-state index contributed by atoms with van der Waals surface area (Å²) >= 11 is 1.18. The van der Waals surface area contributed by atoms with Gasteiger partial charge in [-0.25, -0.2) is 0 Å². The molecule has 0 fully saturated rings. The van der Waals surface area contributed by atoms with Crippen LogP contribution in [0.2, 0.25) is 0 Å². The largest absolute Gasteiger partial charge is 0.288 e. The Morgan fingerprint density at radius 2 is 1.75 bits per heavy atom. The van der Waals surface area contributed by atoms with Gasteiger partial charge in [0.1, 0.15) is 4.88 Å². The Bertz CT molecular complexity index is 606. The van der Waals surface area contributed by atoms with Crippen molar-refractivity contribution in [3.63, 3.8) is 0 Å². The van der Waals surface area contributed by atoms with Crippen molar-refractivity contribution in [2.24, 2.45) is 0 Å². The van der Waals surface area contributed by atoms with Gasteiger partial charge in [0.15, 0.2) is 0 Å². The molecule has 2 aromatic rings. The first-order chi connectivity index (χ1) is 9.30. The molecule has 3 nitrogen and oxygen atoms in total. The Balaban J connectivity index is 2.35. The average molecular weight is 288 g/mol. The maximum absolute atomic E-state index is 12.6. The van der Waals surface area contributed by atoms with E-state index in [1.54, 1.807) is 0 Å². The molecule has 0 amide bonds. The minimum atomic E-state index is -0.171. The molecule has 0 saturated carbocycles.